The highest BCUT2D eigenvalue weighted by Crippen LogP contribution is 2.38. The Morgan fingerprint density at radius 3 is 2.08 bits per heavy atom. The van der Waals surface area contributed by atoms with E-state index in [-0.39, 0.29) is 10.8 Å². The zero-order valence-electron chi connectivity index (χ0n) is 23.7. The van der Waals surface area contributed by atoms with Gasteiger partial charge in [0.05, 0.1) is 11.0 Å². The SMILES string of the molecule is CC(C)(C)Cc1ccc2c(-c3nc4ccccc4n3-c3ccc(-c4ccc(C(C)(C)C)cc4)cc3)csc2c1. The quantitative estimate of drug-likeness (QED) is 0.222. The molecule has 4 aromatic carbocycles. The van der Waals surface area contributed by atoms with Crippen molar-refractivity contribution in [2.75, 3.05) is 0 Å². The molecule has 2 heterocycles. The lowest BCUT2D eigenvalue weighted by Crippen LogP contribution is -2.10. The molecule has 0 aliphatic rings. The summed E-state index contributed by atoms with van der Waals surface area (Å²) in [7, 11) is 0. The molecule has 2 aromatic heterocycles. The summed E-state index contributed by atoms with van der Waals surface area (Å²) in [5, 5.41) is 3.54. The van der Waals surface area contributed by atoms with Gasteiger partial charge in [-0.3, -0.25) is 4.57 Å². The molecule has 3 heteroatoms. The molecule has 2 nitrogen and oxygen atoms in total. The summed E-state index contributed by atoms with van der Waals surface area (Å²) in [6.07, 6.45) is 1.07. The Kier molecular flexibility index (Phi) is 6.23. The molecule has 0 atom stereocenters. The van der Waals surface area contributed by atoms with Gasteiger partial charge in [-0.05, 0) is 69.8 Å². The van der Waals surface area contributed by atoms with Gasteiger partial charge in [-0.15, -0.1) is 11.3 Å². The third-order valence-corrected chi connectivity index (χ3v) is 8.33. The Hall–Kier alpha value is -3.69. The molecule has 6 aromatic rings. The first-order valence-electron chi connectivity index (χ1n) is 13.8. The minimum Gasteiger partial charge on any atom is -0.292 e. The number of rotatable bonds is 4. The minimum absolute atomic E-state index is 0.154. The highest BCUT2D eigenvalue weighted by Gasteiger charge is 2.19. The molecule has 0 bridgehead atoms. The van der Waals surface area contributed by atoms with Crippen LogP contribution in [0.1, 0.15) is 52.7 Å². The molecule has 0 N–H and O–H groups in total. The van der Waals surface area contributed by atoms with Gasteiger partial charge in [0, 0.05) is 26.7 Å². The van der Waals surface area contributed by atoms with Crippen LogP contribution in [0, 0.1) is 5.41 Å². The van der Waals surface area contributed by atoms with Crippen molar-refractivity contribution in [3.05, 3.63) is 108 Å². The first-order chi connectivity index (χ1) is 18.6. The number of nitrogens with zero attached hydrogens (tertiary/aromatic N) is 2. The van der Waals surface area contributed by atoms with Crippen molar-refractivity contribution in [2.24, 2.45) is 5.41 Å². The minimum atomic E-state index is 0.154. The van der Waals surface area contributed by atoms with Crippen LogP contribution in [0.4, 0.5) is 0 Å². The van der Waals surface area contributed by atoms with Crippen LogP contribution < -0.4 is 0 Å². The van der Waals surface area contributed by atoms with Gasteiger partial charge in [0.2, 0.25) is 0 Å². The number of benzene rings is 4. The fraction of sp³-hybridized carbons (Fsp3) is 0.250. The summed E-state index contributed by atoms with van der Waals surface area (Å²) < 4.78 is 3.63. The van der Waals surface area contributed by atoms with E-state index in [1.807, 2.05) is 11.3 Å². The average Bonchev–Trinajstić information content (AvgIpc) is 3.48. The van der Waals surface area contributed by atoms with E-state index in [0.29, 0.717) is 0 Å². The van der Waals surface area contributed by atoms with E-state index in [1.165, 1.54) is 37.9 Å². The highest BCUT2D eigenvalue weighted by atomic mass is 32.1. The number of imidazole rings is 1. The van der Waals surface area contributed by atoms with E-state index in [4.69, 9.17) is 4.98 Å². The van der Waals surface area contributed by atoms with Crippen LogP contribution in [0.15, 0.2) is 96.4 Å². The van der Waals surface area contributed by atoms with Crippen LogP contribution in [0.2, 0.25) is 0 Å². The summed E-state index contributed by atoms with van der Waals surface area (Å²) in [6, 6.07) is 33.2. The van der Waals surface area contributed by atoms with E-state index in [2.05, 4.69) is 142 Å². The predicted molar refractivity (Wildman–Crippen MR) is 169 cm³/mol. The maximum atomic E-state index is 5.15. The molecule has 0 unspecified atom stereocenters. The second-order valence-corrected chi connectivity index (χ2v) is 13.8. The predicted octanol–water partition coefficient (Wildman–Crippen LogP) is 10.5. The lowest BCUT2D eigenvalue weighted by molar-refractivity contribution is 0.411. The molecule has 0 aliphatic carbocycles. The lowest BCUT2D eigenvalue weighted by Gasteiger charge is -2.19. The molecule has 0 saturated heterocycles. The topological polar surface area (TPSA) is 17.8 Å². The summed E-state index contributed by atoms with van der Waals surface area (Å²) in [4.78, 5) is 5.15. The molecular weight excluding hydrogens is 492 g/mol. The second kappa shape index (κ2) is 9.50. The van der Waals surface area contributed by atoms with Gasteiger partial charge in [-0.2, -0.15) is 0 Å². The Bertz CT molecular complexity index is 1770. The van der Waals surface area contributed by atoms with Gasteiger partial charge in [0.25, 0.3) is 0 Å². The largest absolute Gasteiger partial charge is 0.292 e. The summed E-state index contributed by atoms with van der Waals surface area (Å²) in [6.45, 7) is 13.7. The maximum absolute atomic E-state index is 5.15. The Morgan fingerprint density at radius 2 is 1.41 bits per heavy atom. The fourth-order valence-electron chi connectivity index (χ4n) is 5.40. The highest BCUT2D eigenvalue weighted by molar-refractivity contribution is 7.17. The van der Waals surface area contributed by atoms with Crippen molar-refractivity contribution >= 4 is 32.5 Å². The Morgan fingerprint density at radius 1 is 0.744 bits per heavy atom. The molecule has 0 fully saturated rings. The first-order valence-corrected chi connectivity index (χ1v) is 14.6. The Labute approximate surface area is 236 Å². The number of thiophene rings is 1. The van der Waals surface area contributed by atoms with E-state index < -0.39 is 0 Å². The van der Waals surface area contributed by atoms with Crippen LogP contribution in [-0.2, 0) is 11.8 Å². The molecule has 196 valence electrons. The number of hydrogen-bond donors (Lipinski definition) is 0. The molecule has 0 spiro atoms. The molecule has 39 heavy (non-hydrogen) atoms. The van der Waals surface area contributed by atoms with Crippen LogP contribution >= 0.6 is 11.3 Å². The van der Waals surface area contributed by atoms with Gasteiger partial charge in [-0.1, -0.05) is 102 Å². The van der Waals surface area contributed by atoms with Crippen molar-refractivity contribution in [1.82, 2.24) is 9.55 Å². The summed E-state index contributed by atoms with van der Waals surface area (Å²) in [5.41, 5.74) is 10.1. The van der Waals surface area contributed by atoms with Crippen molar-refractivity contribution in [1.29, 1.82) is 0 Å². The Balaban J connectivity index is 1.42. The van der Waals surface area contributed by atoms with Crippen LogP contribution in [-0.4, -0.2) is 9.55 Å². The number of para-hydroxylation sites is 2. The van der Waals surface area contributed by atoms with E-state index in [0.717, 1.165) is 29.0 Å². The standard InChI is InChI=1S/C36H36N2S/c1-35(2,3)22-24-11-20-29-30(23-39-33(29)21-24)34-37-31-9-7-8-10-32(31)38(34)28-18-14-26(15-19-28)25-12-16-27(17-13-25)36(4,5)6/h7-21,23H,22H2,1-6H3. The molecule has 0 radical (unpaired) electrons. The van der Waals surface area contributed by atoms with Gasteiger partial charge in [0.15, 0.2) is 0 Å². The summed E-state index contributed by atoms with van der Waals surface area (Å²) in [5.74, 6) is 0.994. The third-order valence-electron chi connectivity index (χ3n) is 7.39. The van der Waals surface area contributed by atoms with Crippen LogP contribution in [0.5, 0.6) is 0 Å². The zero-order valence-corrected chi connectivity index (χ0v) is 24.6. The van der Waals surface area contributed by atoms with Gasteiger partial charge in [0.1, 0.15) is 5.82 Å². The number of hydrogen-bond acceptors (Lipinski definition) is 2. The molecule has 6 rings (SSSR count). The monoisotopic (exact) mass is 528 g/mol. The number of aromatic nitrogens is 2. The molecular formula is C36H36N2S. The lowest BCUT2D eigenvalue weighted by atomic mass is 9.86. The zero-order chi connectivity index (χ0) is 27.4. The van der Waals surface area contributed by atoms with Gasteiger partial charge in [-0.25, -0.2) is 4.98 Å². The maximum Gasteiger partial charge on any atom is 0.147 e. The van der Waals surface area contributed by atoms with Crippen LogP contribution in [0.3, 0.4) is 0 Å². The third kappa shape index (κ3) is 5.04. The van der Waals surface area contributed by atoms with Gasteiger partial charge < -0.3 is 0 Å². The van der Waals surface area contributed by atoms with Gasteiger partial charge >= 0.3 is 0 Å². The van der Waals surface area contributed by atoms with E-state index in [9.17, 15) is 0 Å². The first kappa shape index (κ1) is 25.6. The second-order valence-electron chi connectivity index (χ2n) is 12.9. The van der Waals surface area contributed by atoms with E-state index >= 15 is 0 Å². The smallest absolute Gasteiger partial charge is 0.147 e. The van der Waals surface area contributed by atoms with Crippen molar-refractivity contribution in [3.8, 4) is 28.2 Å². The van der Waals surface area contributed by atoms with Crippen molar-refractivity contribution in [2.45, 2.75) is 53.4 Å². The molecule has 0 aliphatic heterocycles. The molecule has 0 saturated carbocycles. The number of fused-ring (bicyclic) bond motifs is 2. The average molecular weight is 529 g/mol. The normalized spacial score (nSPS) is 12.5. The fourth-order valence-corrected chi connectivity index (χ4v) is 6.40. The summed E-state index contributed by atoms with van der Waals surface area (Å²) >= 11 is 1.81. The van der Waals surface area contributed by atoms with Crippen molar-refractivity contribution in [3.63, 3.8) is 0 Å². The molecule has 0 amide bonds. The van der Waals surface area contributed by atoms with E-state index in [1.54, 1.807) is 0 Å². The van der Waals surface area contributed by atoms with Crippen molar-refractivity contribution < 1.29 is 0 Å². The van der Waals surface area contributed by atoms with Crippen LogP contribution in [0.25, 0.3) is 49.3 Å².